The molecular weight excluding hydrogens is 426 g/mol. The van der Waals surface area contributed by atoms with E-state index in [0.29, 0.717) is 12.1 Å². The fourth-order valence-corrected chi connectivity index (χ4v) is 6.61. The van der Waals surface area contributed by atoms with Gasteiger partial charge in [-0.25, -0.2) is 4.68 Å². The van der Waals surface area contributed by atoms with Gasteiger partial charge in [0.1, 0.15) is 6.04 Å². The molecule has 1 aliphatic carbocycles. The Labute approximate surface area is 200 Å². The maximum Gasteiger partial charge on any atom is 0.253 e. The van der Waals surface area contributed by atoms with Gasteiger partial charge < -0.3 is 4.98 Å². The van der Waals surface area contributed by atoms with Crippen molar-refractivity contribution in [1.29, 1.82) is 0 Å². The molecule has 0 radical (unpaired) electrons. The molecule has 3 aromatic rings. The molecule has 1 aromatic carbocycles. The van der Waals surface area contributed by atoms with Crippen molar-refractivity contribution < 1.29 is 0 Å². The van der Waals surface area contributed by atoms with Gasteiger partial charge in [-0.2, -0.15) is 0 Å². The second-order valence-corrected chi connectivity index (χ2v) is 10.6. The van der Waals surface area contributed by atoms with Crippen LogP contribution in [0.15, 0.2) is 23.0 Å². The summed E-state index contributed by atoms with van der Waals surface area (Å²) in [7, 11) is 0. The van der Waals surface area contributed by atoms with E-state index in [9.17, 15) is 4.79 Å². The molecule has 0 unspecified atom stereocenters. The zero-order chi connectivity index (χ0) is 23.2. The number of benzene rings is 1. The molecule has 8 nitrogen and oxygen atoms in total. The van der Waals surface area contributed by atoms with Gasteiger partial charge in [0, 0.05) is 42.1 Å². The van der Waals surface area contributed by atoms with Crippen LogP contribution in [-0.4, -0.2) is 67.2 Å². The summed E-state index contributed by atoms with van der Waals surface area (Å²) in [6.45, 7) is 8.29. The van der Waals surface area contributed by atoms with E-state index in [-0.39, 0.29) is 11.6 Å². The number of rotatable bonds is 4. The average Bonchev–Trinajstić information content (AvgIpc) is 3.50. The second-order valence-electron chi connectivity index (χ2n) is 10.6. The zero-order valence-corrected chi connectivity index (χ0v) is 20.3. The van der Waals surface area contributed by atoms with E-state index in [1.807, 2.05) is 0 Å². The quantitative estimate of drug-likeness (QED) is 0.640. The zero-order valence-electron chi connectivity index (χ0n) is 20.3. The molecule has 6 rings (SSSR count). The molecule has 8 heteroatoms. The van der Waals surface area contributed by atoms with E-state index in [1.165, 1.54) is 44.2 Å². The predicted octanol–water partition coefficient (Wildman–Crippen LogP) is 3.51. The minimum absolute atomic E-state index is 0.0328. The molecule has 0 bridgehead atoms. The maximum atomic E-state index is 13.6. The minimum Gasteiger partial charge on any atom is -0.322 e. The SMILES string of the molecule is Cc1cc(C)c2cc([C@H](c3nnnn3C3CCCCC3)N3CCN4CCC[C@H]4C3)c(=O)[nH]c2c1. The Balaban J connectivity index is 1.48. The molecule has 4 heterocycles. The van der Waals surface area contributed by atoms with Crippen LogP contribution in [0.25, 0.3) is 10.9 Å². The van der Waals surface area contributed by atoms with E-state index in [2.05, 4.69) is 67.0 Å². The number of hydrogen-bond donors (Lipinski definition) is 1. The molecule has 2 atom stereocenters. The highest BCUT2D eigenvalue weighted by molar-refractivity contribution is 5.83. The third-order valence-corrected chi connectivity index (χ3v) is 8.30. The first-order chi connectivity index (χ1) is 16.6. The van der Waals surface area contributed by atoms with Crippen LogP contribution in [0.1, 0.15) is 79.5 Å². The smallest absolute Gasteiger partial charge is 0.253 e. The highest BCUT2D eigenvalue weighted by atomic mass is 16.1. The molecule has 3 fully saturated rings. The highest BCUT2D eigenvalue weighted by Crippen LogP contribution is 2.35. The van der Waals surface area contributed by atoms with E-state index < -0.39 is 0 Å². The van der Waals surface area contributed by atoms with E-state index in [0.717, 1.165) is 60.3 Å². The number of nitrogens with one attached hydrogen (secondary N) is 1. The number of nitrogens with zero attached hydrogens (tertiary/aromatic N) is 6. The molecule has 3 aliphatic rings. The number of aromatic nitrogens is 5. The number of fused-ring (bicyclic) bond motifs is 2. The summed E-state index contributed by atoms with van der Waals surface area (Å²) in [5.41, 5.74) is 3.96. The minimum atomic E-state index is -0.242. The highest BCUT2D eigenvalue weighted by Gasteiger charge is 2.38. The topological polar surface area (TPSA) is 82.9 Å². The maximum absolute atomic E-state index is 13.6. The Morgan fingerprint density at radius 1 is 0.971 bits per heavy atom. The number of tetrazole rings is 1. The van der Waals surface area contributed by atoms with Gasteiger partial charge in [0.15, 0.2) is 5.82 Å². The van der Waals surface area contributed by atoms with Crippen LogP contribution in [0.5, 0.6) is 0 Å². The number of piperazine rings is 1. The lowest BCUT2D eigenvalue weighted by Crippen LogP contribution is -2.52. The van der Waals surface area contributed by atoms with Crippen molar-refractivity contribution in [1.82, 2.24) is 35.0 Å². The van der Waals surface area contributed by atoms with Crippen molar-refractivity contribution in [3.05, 3.63) is 51.1 Å². The Morgan fingerprint density at radius 2 is 1.79 bits per heavy atom. The Kier molecular flexibility index (Phi) is 5.73. The van der Waals surface area contributed by atoms with Gasteiger partial charge in [-0.05, 0) is 79.8 Å². The summed E-state index contributed by atoms with van der Waals surface area (Å²) < 4.78 is 2.05. The Bertz CT molecular complexity index is 1240. The lowest BCUT2D eigenvalue weighted by atomic mass is 9.94. The van der Waals surface area contributed by atoms with Crippen LogP contribution in [0.4, 0.5) is 0 Å². The van der Waals surface area contributed by atoms with Gasteiger partial charge in [0.25, 0.3) is 5.56 Å². The fraction of sp³-hybridized carbons (Fsp3) is 0.615. The predicted molar refractivity (Wildman–Crippen MR) is 132 cm³/mol. The lowest BCUT2D eigenvalue weighted by molar-refractivity contribution is 0.0778. The molecule has 2 aliphatic heterocycles. The van der Waals surface area contributed by atoms with Crippen LogP contribution in [0.3, 0.4) is 0 Å². The summed E-state index contributed by atoms with van der Waals surface area (Å²) >= 11 is 0. The molecule has 2 saturated heterocycles. The molecule has 34 heavy (non-hydrogen) atoms. The average molecular weight is 462 g/mol. The first kappa shape index (κ1) is 21.9. The second kappa shape index (κ2) is 8.89. The van der Waals surface area contributed by atoms with Gasteiger partial charge in [-0.3, -0.25) is 14.6 Å². The summed E-state index contributed by atoms with van der Waals surface area (Å²) in [5, 5.41) is 14.3. The normalized spacial score (nSPS) is 23.4. The monoisotopic (exact) mass is 461 g/mol. The van der Waals surface area contributed by atoms with Gasteiger partial charge in [-0.1, -0.05) is 25.3 Å². The van der Waals surface area contributed by atoms with Gasteiger partial charge >= 0.3 is 0 Å². The van der Waals surface area contributed by atoms with E-state index in [1.54, 1.807) is 0 Å². The summed E-state index contributed by atoms with van der Waals surface area (Å²) in [6.07, 6.45) is 8.40. The Hall–Kier alpha value is -2.58. The third-order valence-electron chi connectivity index (χ3n) is 8.30. The van der Waals surface area contributed by atoms with Crippen molar-refractivity contribution in [3.63, 3.8) is 0 Å². The van der Waals surface area contributed by atoms with Crippen molar-refractivity contribution in [2.24, 2.45) is 0 Å². The number of pyridine rings is 1. The third kappa shape index (κ3) is 3.86. The van der Waals surface area contributed by atoms with Crippen molar-refractivity contribution in [3.8, 4) is 0 Å². The van der Waals surface area contributed by atoms with E-state index in [4.69, 9.17) is 0 Å². The molecule has 1 N–H and O–H groups in total. The Morgan fingerprint density at radius 3 is 2.65 bits per heavy atom. The van der Waals surface area contributed by atoms with Crippen LogP contribution in [0.2, 0.25) is 0 Å². The largest absolute Gasteiger partial charge is 0.322 e. The standard InChI is InChI=1S/C26H35N7O/c1-17-13-18(2)21-15-22(26(34)27-23(21)14-17)24(32-12-11-31-10-6-9-20(31)16-32)25-28-29-30-33(25)19-7-4-3-5-8-19/h13-15,19-20,24H,3-12,16H2,1-2H3,(H,27,34)/t20-,24+/m0/s1. The van der Waals surface area contributed by atoms with Crippen molar-refractivity contribution >= 4 is 10.9 Å². The number of aromatic amines is 1. The van der Waals surface area contributed by atoms with Crippen molar-refractivity contribution in [2.75, 3.05) is 26.2 Å². The lowest BCUT2D eigenvalue weighted by Gasteiger charge is -2.41. The first-order valence-corrected chi connectivity index (χ1v) is 13.0. The van der Waals surface area contributed by atoms with Gasteiger partial charge in [0.05, 0.1) is 6.04 Å². The fourth-order valence-electron chi connectivity index (χ4n) is 6.61. The molecule has 1 saturated carbocycles. The molecule has 0 amide bonds. The van der Waals surface area contributed by atoms with E-state index >= 15 is 0 Å². The number of aryl methyl sites for hydroxylation is 2. The van der Waals surface area contributed by atoms with Gasteiger partial charge in [0.2, 0.25) is 0 Å². The molecular formula is C26H35N7O. The number of hydrogen-bond acceptors (Lipinski definition) is 6. The molecule has 2 aromatic heterocycles. The van der Waals surface area contributed by atoms with Crippen molar-refractivity contribution in [2.45, 2.75) is 76.9 Å². The molecule has 0 spiro atoms. The van der Waals surface area contributed by atoms with Crippen LogP contribution >= 0.6 is 0 Å². The van der Waals surface area contributed by atoms with Crippen LogP contribution in [0, 0.1) is 13.8 Å². The summed E-state index contributed by atoms with van der Waals surface area (Å²) in [4.78, 5) is 21.9. The van der Waals surface area contributed by atoms with Crippen LogP contribution in [-0.2, 0) is 0 Å². The first-order valence-electron chi connectivity index (χ1n) is 13.0. The molecule has 180 valence electrons. The number of H-pyrrole nitrogens is 1. The van der Waals surface area contributed by atoms with Crippen LogP contribution < -0.4 is 5.56 Å². The summed E-state index contributed by atoms with van der Waals surface area (Å²) in [6, 6.07) is 6.98. The summed E-state index contributed by atoms with van der Waals surface area (Å²) in [5.74, 6) is 0.827. The van der Waals surface area contributed by atoms with Gasteiger partial charge in [-0.15, -0.1) is 5.10 Å².